The second-order valence-corrected chi connectivity index (χ2v) is 2.98. The van der Waals surface area contributed by atoms with Crippen molar-refractivity contribution in [1.29, 1.82) is 5.26 Å². The van der Waals surface area contributed by atoms with Crippen LogP contribution >= 0.6 is 0 Å². The largest absolute Gasteiger partial charge is 0.465 e. The minimum atomic E-state index is -1.03. The number of hydrogen-bond donors (Lipinski definition) is 3. The quantitative estimate of drug-likeness (QED) is 0.422. The molecule has 3 N–H and O–H groups in total. The fourth-order valence-electron chi connectivity index (χ4n) is 1.01. The number of unbranched alkanes of at least 4 members (excludes halogenated alkanes) is 2. The van der Waals surface area contributed by atoms with Crippen molar-refractivity contribution in [2.45, 2.75) is 25.7 Å². The van der Waals surface area contributed by atoms with Crippen molar-refractivity contribution in [2.24, 2.45) is 0 Å². The van der Waals surface area contributed by atoms with Gasteiger partial charge in [0.1, 0.15) is 6.54 Å². The Bertz CT molecular complexity index is 247. The molecule has 0 bridgehead atoms. The average Bonchev–Trinajstić information content (AvgIpc) is 2.19. The smallest absolute Gasteiger partial charge is 0.404 e. The summed E-state index contributed by atoms with van der Waals surface area (Å²) in [7, 11) is 0. The number of rotatable bonds is 7. The van der Waals surface area contributed by atoms with Gasteiger partial charge < -0.3 is 15.7 Å². The first kappa shape index (κ1) is 13.2. The van der Waals surface area contributed by atoms with Gasteiger partial charge in [0, 0.05) is 13.0 Å². The summed E-state index contributed by atoms with van der Waals surface area (Å²) in [6, 6.07) is 1.81. The SMILES string of the molecule is N#CCNC(=O)CCCCCNC(=O)O. The molecule has 0 aliphatic rings. The molecule has 0 saturated heterocycles. The Morgan fingerprint density at radius 1 is 1.20 bits per heavy atom. The van der Waals surface area contributed by atoms with Gasteiger partial charge in [-0.15, -0.1) is 0 Å². The highest BCUT2D eigenvalue weighted by Gasteiger charge is 1.99. The number of carbonyl (C=O) groups excluding carboxylic acids is 1. The number of carboxylic acid groups (broad SMARTS) is 1. The Balaban J connectivity index is 3.20. The first-order valence-corrected chi connectivity index (χ1v) is 4.77. The highest BCUT2D eigenvalue weighted by Crippen LogP contribution is 1.98. The van der Waals surface area contributed by atoms with Crippen molar-refractivity contribution >= 4 is 12.0 Å². The maximum Gasteiger partial charge on any atom is 0.404 e. The molecule has 0 fully saturated rings. The highest BCUT2D eigenvalue weighted by molar-refractivity contribution is 5.75. The zero-order valence-corrected chi connectivity index (χ0v) is 8.45. The van der Waals surface area contributed by atoms with E-state index in [9.17, 15) is 9.59 Å². The van der Waals surface area contributed by atoms with Crippen LogP contribution in [0.4, 0.5) is 4.79 Å². The van der Waals surface area contributed by atoms with Crippen molar-refractivity contribution in [3.8, 4) is 6.07 Å². The standard InChI is InChI=1S/C9H15N3O3/c10-5-7-11-8(13)4-2-1-3-6-12-9(14)15/h12H,1-4,6-7H2,(H,11,13)(H,14,15). The van der Waals surface area contributed by atoms with Crippen LogP contribution in [0.3, 0.4) is 0 Å². The third-order valence-corrected chi connectivity index (χ3v) is 1.72. The van der Waals surface area contributed by atoms with Gasteiger partial charge in [-0.3, -0.25) is 4.79 Å². The van der Waals surface area contributed by atoms with E-state index in [0.29, 0.717) is 19.4 Å². The molecular weight excluding hydrogens is 198 g/mol. The summed E-state index contributed by atoms with van der Waals surface area (Å²) in [5, 5.41) is 21.1. The number of carbonyl (C=O) groups is 2. The number of amides is 2. The summed E-state index contributed by atoms with van der Waals surface area (Å²) in [5.74, 6) is -0.136. The first-order valence-electron chi connectivity index (χ1n) is 4.77. The number of nitrogens with zero attached hydrogens (tertiary/aromatic N) is 1. The molecular formula is C9H15N3O3. The van der Waals surface area contributed by atoms with Crippen LogP contribution in [0.1, 0.15) is 25.7 Å². The van der Waals surface area contributed by atoms with Crippen LogP contribution in [-0.2, 0) is 4.79 Å². The Morgan fingerprint density at radius 3 is 2.53 bits per heavy atom. The zero-order valence-electron chi connectivity index (χ0n) is 8.45. The van der Waals surface area contributed by atoms with Gasteiger partial charge in [-0.1, -0.05) is 6.42 Å². The summed E-state index contributed by atoms with van der Waals surface area (Å²) in [4.78, 5) is 21.0. The zero-order chi connectivity index (χ0) is 11.5. The molecule has 2 amide bonds. The van der Waals surface area contributed by atoms with Crippen molar-refractivity contribution in [2.75, 3.05) is 13.1 Å². The summed E-state index contributed by atoms with van der Waals surface area (Å²) in [6.07, 6.45) is 1.58. The molecule has 0 aliphatic heterocycles. The van der Waals surface area contributed by atoms with E-state index in [0.717, 1.165) is 12.8 Å². The lowest BCUT2D eigenvalue weighted by Crippen LogP contribution is -2.23. The Morgan fingerprint density at radius 2 is 1.93 bits per heavy atom. The Kier molecular flexibility index (Phi) is 7.77. The van der Waals surface area contributed by atoms with Crippen LogP contribution in [0, 0.1) is 11.3 Å². The molecule has 6 heteroatoms. The second kappa shape index (κ2) is 8.81. The third-order valence-electron chi connectivity index (χ3n) is 1.72. The van der Waals surface area contributed by atoms with Crippen LogP contribution in [0.15, 0.2) is 0 Å². The van der Waals surface area contributed by atoms with Gasteiger partial charge in [0.15, 0.2) is 0 Å². The van der Waals surface area contributed by atoms with Crippen LogP contribution in [0.5, 0.6) is 0 Å². The second-order valence-electron chi connectivity index (χ2n) is 2.98. The molecule has 0 aliphatic carbocycles. The summed E-state index contributed by atoms with van der Waals surface area (Å²) >= 11 is 0. The van der Waals surface area contributed by atoms with E-state index in [-0.39, 0.29) is 12.5 Å². The predicted octanol–water partition coefficient (Wildman–Crippen LogP) is 0.454. The molecule has 0 spiro atoms. The van der Waals surface area contributed by atoms with Gasteiger partial charge in [-0.2, -0.15) is 5.26 Å². The van der Waals surface area contributed by atoms with E-state index in [1.807, 2.05) is 6.07 Å². The first-order chi connectivity index (χ1) is 7.16. The predicted molar refractivity (Wildman–Crippen MR) is 53.1 cm³/mol. The van der Waals surface area contributed by atoms with Crippen LogP contribution in [-0.4, -0.2) is 30.2 Å². The van der Waals surface area contributed by atoms with Gasteiger partial charge in [0.05, 0.1) is 6.07 Å². The van der Waals surface area contributed by atoms with Gasteiger partial charge >= 0.3 is 6.09 Å². The average molecular weight is 213 g/mol. The third kappa shape index (κ3) is 10.1. The number of nitrogens with one attached hydrogen (secondary N) is 2. The lowest BCUT2D eigenvalue weighted by Gasteiger charge is -2.01. The lowest BCUT2D eigenvalue weighted by molar-refractivity contribution is -0.120. The van der Waals surface area contributed by atoms with E-state index in [1.54, 1.807) is 0 Å². The molecule has 0 rings (SSSR count). The number of hydrogen-bond acceptors (Lipinski definition) is 3. The molecule has 0 heterocycles. The molecule has 15 heavy (non-hydrogen) atoms. The minimum absolute atomic E-state index is 0.0411. The normalized spacial score (nSPS) is 9.00. The van der Waals surface area contributed by atoms with Gasteiger partial charge in [0.25, 0.3) is 0 Å². The van der Waals surface area contributed by atoms with E-state index in [4.69, 9.17) is 10.4 Å². The van der Waals surface area contributed by atoms with E-state index < -0.39 is 6.09 Å². The van der Waals surface area contributed by atoms with Crippen LogP contribution in [0.2, 0.25) is 0 Å². The Labute approximate surface area is 88.3 Å². The molecule has 0 atom stereocenters. The maximum atomic E-state index is 11.0. The van der Waals surface area contributed by atoms with E-state index in [2.05, 4.69) is 10.6 Å². The van der Waals surface area contributed by atoms with Gasteiger partial charge in [-0.25, -0.2) is 4.79 Å². The molecule has 0 unspecified atom stereocenters. The van der Waals surface area contributed by atoms with Crippen LogP contribution < -0.4 is 10.6 Å². The molecule has 6 nitrogen and oxygen atoms in total. The molecule has 0 aromatic heterocycles. The highest BCUT2D eigenvalue weighted by atomic mass is 16.4. The molecule has 0 saturated carbocycles. The minimum Gasteiger partial charge on any atom is -0.465 e. The molecule has 0 aromatic rings. The van der Waals surface area contributed by atoms with E-state index >= 15 is 0 Å². The topological polar surface area (TPSA) is 102 Å². The Hall–Kier alpha value is -1.77. The van der Waals surface area contributed by atoms with Crippen molar-refractivity contribution in [1.82, 2.24) is 10.6 Å². The summed E-state index contributed by atoms with van der Waals surface area (Å²) in [6.45, 7) is 0.453. The molecule has 0 aromatic carbocycles. The summed E-state index contributed by atoms with van der Waals surface area (Å²) in [5.41, 5.74) is 0. The summed E-state index contributed by atoms with van der Waals surface area (Å²) < 4.78 is 0. The maximum absolute atomic E-state index is 11.0. The van der Waals surface area contributed by atoms with Crippen molar-refractivity contribution in [3.63, 3.8) is 0 Å². The fourth-order valence-corrected chi connectivity index (χ4v) is 1.01. The fraction of sp³-hybridized carbons (Fsp3) is 0.667. The lowest BCUT2D eigenvalue weighted by atomic mass is 10.2. The monoisotopic (exact) mass is 213 g/mol. The number of nitriles is 1. The van der Waals surface area contributed by atoms with E-state index in [1.165, 1.54) is 0 Å². The molecule has 0 radical (unpaired) electrons. The van der Waals surface area contributed by atoms with Crippen molar-refractivity contribution < 1.29 is 14.7 Å². The van der Waals surface area contributed by atoms with Gasteiger partial charge in [-0.05, 0) is 12.8 Å². The van der Waals surface area contributed by atoms with Crippen LogP contribution in [0.25, 0.3) is 0 Å². The van der Waals surface area contributed by atoms with Crippen molar-refractivity contribution in [3.05, 3.63) is 0 Å². The van der Waals surface area contributed by atoms with Gasteiger partial charge in [0.2, 0.25) is 5.91 Å². The molecule has 84 valence electrons.